The summed E-state index contributed by atoms with van der Waals surface area (Å²) in [7, 11) is 0. The number of hydrogen-bond donors (Lipinski definition) is 8. The van der Waals surface area contributed by atoms with Crippen molar-refractivity contribution in [3.8, 4) is 0 Å². The Bertz CT molecular complexity index is 1620. The van der Waals surface area contributed by atoms with Gasteiger partial charge in [0.05, 0.1) is 37.9 Å². The average molecular weight is 842 g/mol. The molecule has 0 spiro atoms. The quantitative estimate of drug-likeness (QED) is 0.120. The number of rotatable bonds is 16. The number of benzene rings is 1. The summed E-state index contributed by atoms with van der Waals surface area (Å²) >= 11 is 0. The zero-order valence-electron chi connectivity index (χ0n) is 35.9. The third-order valence-corrected chi connectivity index (χ3v) is 16.0. The van der Waals surface area contributed by atoms with Crippen molar-refractivity contribution in [3.63, 3.8) is 0 Å². The van der Waals surface area contributed by atoms with Crippen molar-refractivity contribution in [1.82, 2.24) is 20.0 Å². The van der Waals surface area contributed by atoms with E-state index in [4.69, 9.17) is 0 Å². The largest absolute Gasteiger partial charge is 0.480 e. The van der Waals surface area contributed by atoms with Crippen LogP contribution in [0.25, 0.3) is 0 Å². The molecule has 4 saturated carbocycles. The van der Waals surface area contributed by atoms with Crippen molar-refractivity contribution in [2.24, 2.45) is 46.3 Å². The molecule has 5 aliphatic rings. The molecule has 12 atom stereocenters. The highest BCUT2D eigenvalue weighted by atomic mass is 16.4. The molecule has 15 heteroatoms. The van der Waals surface area contributed by atoms with Crippen LogP contribution >= 0.6 is 0 Å². The highest BCUT2D eigenvalue weighted by Crippen LogP contribution is 2.68. The van der Waals surface area contributed by atoms with Crippen molar-refractivity contribution in [2.75, 3.05) is 70.8 Å². The number of hydrogen-bond acceptors (Lipinski definition) is 11. The second-order valence-electron chi connectivity index (χ2n) is 19.6. The molecule has 1 amide bonds. The van der Waals surface area contributed by atoms with E-state index in [1.54, 1.807) is 9.80 Å². The Labute approximate surface area is 354 Å². The first kappa shape index (κ1) is 46.3. The van der Waals surface area contributed by atoms with E-state index in [0.29, 0.717) is 77.2 Å². The van der Waals surface area contributed by atoms with Gasteiger partial charge >= 0.3 is 17.9 Å². The van der Waals surface area contributed by atoms with Crippen molar-refractivity contribution in [3.05, 3.63) is 29.8 Å². The highest BCUT2D eigenvalue weighted by Gasteiger charge is 2.65. The summed E-state index contributed by atoms with van der Waals surface area (Å²) in [6.07, 6.45) is 6.19. The summed E-state index contributed by atoms with van der Waals surface area (Å²) in [5.41, 5.74) is 1.31. The molecule has 4 aliphatic carbocycles. The van der Waals surface area contributed by atoms with Gasteiger partial charge in [-0.3, -0.25) is 33.9 Å². The van der Waals surface area contributed by atoms with E-state index >= 15 is 0 Å². The fourth-order valence-electron chi connectivity index (χ4n) is 12.7. The molecule has 1 unspecified atom stereocenters. The Morgan fingerprint density at radius 2 is 1.40 bits per heavy atom. The van der Waals surface area contributed by atoms with Gasteiger partial charge in [-0.1, -0.05) is 32.9 Å². The van der Waals surface area contributed by atoms with Crippen molar-refractivity contribution >= 4 is 29.5 Å². The van der Waals surface area contributed by atoms with Gasteiger partial charge in [0.2, 0.25) is 5.91 Å². The Hall–Kier alpha value is -3.18. The summed E-state index contributed by atoms with van der Waals surface area (Å²) in [5, 5.41) is 68.5. The molecule has 336 valence electrons. The first-order chi connectivity index (χ1) is 28.5. The second-order valence-corrected chi connectivity index (χ2v) is 19.6. The number of carbonyl (C=O) groups excluding carboxylic acids is 1. The molecular formula is C45H71N5O10. The third-order valence-electron chi connectivity index (χ3n) is 16.0. The SMILES string of the molecule is C[C@H](CCC(=O)Nc1ccc(CC(CN2CCN(CC(=O)O)CCN(CC(=O)O)CC2)NCC(=O)O)cc1)[C@H]1CC[C@H]2[C@@H]3[C@H](O)C[C@@H]4C[C@H](O)CC[C@]4(C)[C@H]3C[C@H](O)[C@]12C. The number of aliphatic hydroxyl groups excluding tert-OH is 3. The van der Waals surface area contributed by atoms with E-state index in [0.717, 1.165) is 44.1 Å². The Balaban J connectivity index is 1.02. The minimum Gasteiger partial charge on any atom is -0.480 e. The number of aliphatic carboxylic acids is 3. The topological polar surface area (TPSA) is 223 Å². The molecule has 6 rings (SSSR count). The van der Waals surface area contributed by atoms with E-state index in [1.807, 2.05) is 24.3 Å². The smallest absolute Gasteiger partial charge is 0.317 e. The second kappa shape index (κ2) is 19.9. The van der Waals surface area contributed by atoms with Gasteiger partial charge in [-0.25, -0.2) is 0 Å². The van der Waals surface area contributed by atoms with Gasteiger partial charge < -0.3 is 41.3 Å². The van der Waals surface area contributed by atoms with Crippen LogP contribution in [-0.2, 0) is 25.6 Å². The van der Waals surface area contributed by atoms with Gasteiger partial charge in [0.25, 0.3) is 0 Å². The predicted octanol–water partition coefficient (Wildman–Crippen LogP) is 2.68. The van der Waals surface area contributed by atoms with Gasteiger partial charge in [-0.2, -0.15) is 0 Å². The molecule has 5 fully saturated rings. The van der Waals surface area contributed by atoms with Crippen LogP contribution in [0.1, 0.15) is 84.1 Å². The predicted molar refractivity (Wildman–Crippen MR) is 225 cm³/mol. The number of carboxylic acids is 3. The number of nitrogens with one attached hydrogen (secondary N) is 2. The van der Waals surface area contributed by atoms with Crippen molar-refractivity contribution in [1.29, 1.82) is 0 Å². The van der Waals surface area contributed by atoms with Crippen LogP contribution in [-0.4, -0.2) is 159 Å². The number of nitrogens with zero attached hydrogens (tertiary/aromatic N) is 3. The zero-order valence-corrected chi connectivity index (χ0v) is 35.9. The molecular weight excluding hydrogens is 771 g/mol. The zero-order chi connectivity index (χ0) is 43.4. The number of fused-ring (bicyclic) bond motifs is 5. The third kappa shape index (κ3) is 10.9. The van der Waals surface area contributed by atoms with Gasteiger partial charge in [-0.05, 0) is 122 Å². The minimum absolute atomic E-state index is 0.0274. The summed E-state index contributed by atoms with van der Waals surface area (Å²) in [6.45, 7) is 9.63. The molecule has 1 saturated heterocycles. The average Bonchev–Trinajstić information content (AvgIpc) is 3.58. The number of amides is 1. The number of anilines is 1. The summed E-state index contributed by atoms with van der Waals surface area (Å²) in [5.74, 6) is -1.61. The lowest BCUT2D eigenvalue weighted by atomic mass is 9.43. The van der Waals surface area contributed by atoms with Crippen molar-refractivity contribution in [2.45, 2.75) is 109 Å². The summed E-state index contributed by atoms with van der Waals surface area (Å²) < 4.78 is 0. The molecule has 8 N–H and O–H groups in total. The van der Waals surface area contributed by atoms with Gasteiger partial charge in [0, 0.05) is 64.0 Å². The van der Waals surface area contributed by atoms with Crippen LogP contribution in [0.4, 0.5) is 5.69 Å². The lowest BCUT2D eigenvalue weighted by Crippen LogP contribution is -2.62. The lowest BCUT2D eigenvalue weighted by molar-refractivity contribution is -0.207. The van der Waals surface area contributed by atoms with Crippen LogP contribution in [0.3, 0.4) is 0 Å². The molecule has 1 aliphatic heterocycles. The van der Waals surface area contributed by atoms with E-state index < -0.39 is 30.1 Å². The highest BCUT2D eigenvalue weighted by molar-refractivity contribution is 5.90. The molecule has 1 aromatic rings. The normalized spacial score (nSPS) is 35.1. The van der Waals surface area contributed by atoms with Gasteiger partial charge in [-0.15, -0.1) is 0 Å². The Morgan fingerprint density at radius 1 is 0.783 bits per heavy atom. The summed E-state index contributed by atoms with van der Waals surface area (Å²) in [6, 6.07) is 7.28. The standard InChI is InChI=1S/C45H71N5O10/c1-28(34-9-10-35-43-36(23-38(53)45(34,35)3)44(2)13-12-33(51)21-30(44)22-37(43)52)4-11-39(54)47-31-7-5-29(6-8-31)20-32(46-24-40(55)56)25-48-14-16-49(26-41(57)58)18-19-50(17-15-48)27-42(59)60/h5-8,28,30,32-38,43,46,51-53H,4,9-27H2,1-3H3,(H,47,54)(H,55,56)(H,57,58)(H,59,60)/t28-,30+,32?,33-,34-,35+,36+,37-,38+,43+,44+,45-/m1/s1. The fourth-order valence-corrected chi connectivity index (χ4v) is 12.7. The van der Waals surface area contributed by atoms with Crippen LogP contribution in [0.5, 0.6) is 0 Å². The first-order valence-corrected chi connectivity index (χ1v) is 22.4. The summed E-state index contributed by atoms with van der Waals surface area (Å²) in [4.78, 5) is 53.6. The van der Waals surface area contributed by atoms with E-state index in [9.17, 15) is 49.8 Å². The first-order valence-electron chi connectivity index (χ1n) is 22.4. The lowest BCUT2D eigenvalue weighted by Gasteiger charge is -2.63. The maximum atomic E-state index is 13.3. The van der Waals surface area contributed by atoms with E-state index in [1.165, 1.54) is 0 Å². The van der Waals surface area contributed by atoms with E-state index in [2.05, 4.69) is 36.3 Å². The molecule has 0 radical (unpaired) electrons. The maximum absolute atomic E-state index is 13.3. The van der Waals surface area contributed by atoms with Gasteiger partial charge in [0.1, 0.15) is 0 Å². The van der Waals surface area contributed by atoms with Crippen LogP contribution in [0.2, 0.25) is 0 Å². The van der Waals surface area contributed by atoms with Crippen LogP contribution in [0.15, 0.2) is 24.3 Å². The Morgan fingerprint density at radius 3 is 2.00 bits per heavy atom. The number of carboxylic acid groups (broad SMARTS) is 3. The van der Waals surface area contributed by atoms with Gasteiger partial charge in [0.15, 0.2) is 0 Å². The number of carbonyl (C=O) groups is 4. The van der Waals surface area contributed by atoms with Crippen LogP contribution in [0, 0.1) is 46.3 Å². The fraction of sp³-hybridized carbons (Fsp3) is 0.778. The molecule has 60 heavy (non-hydrogen) atoms. The van der Waals surface area contributed by atoms with Crippen molar-refractivity contribution < 1.29 is 49.8 Å². The van der Waals surface area contributed by atoms with E-state index in [-0.39, 0.29) is 84.0 Å². The Kier molecular flexibility index (Phi) is 15.4. The molecule has 15 nitrogen and oxygen atoms in total. The molecule has 1 heterocycles. The number of aliphatic hydroxyl groups is 3. The maximum Gasteiger partial charge on any atom is 0.317 e. The minimum atomic E-state index is -0.987. The van der Waals surface area contributed by atoms with Crippen LogP contribution < -0.4 is 10.6 Å². The molecule has 0 bridgehead atoms. The molecule has 1 aromatic carbocycles. The molecule has 0 aromatic heterocycles. The monoisotopic (exact) mass is 842 g/mol.